The molecule has 0 radical (unpaired) electrons. The molecule has 10 heteroatoms. The number of nitrogens with one attached hydrogen (secondary N) is 1. The van der Waals surface area contributed by atoms with E-state index in [0.717, 1.165) is 0 Å². The topological polar surface area (TPSA) is 116 Å². The van der Waals surface area contributed by atoms with Gasteiger partial charge in [0.2, 0.25) is 5.91 Å². The zero-order valence-electron chi connectivity index (χ0n) is 17.3. The van der Waals surface area contributed by atoms with Crippen molar-refractivity contribution in [1.82, 2.24) is 9.55 Å². The Morgan fingerprint density at radius 3 is 2.81 bits per heavy atom. The summed E-state index contributed by atoms with van der Waals surface area (Å²) in [5.41, 5.74) is 6.03. The minimum atomic E-state index is -0.599. The Labute approximate surface area is 187 Å². The van der Waals surface area contributed by atoms with Crippen molar-refractivity contribution in [3.8, 4) is 0 Å². The second-order valence-corrected chi connectivity index (χ2v) is 8.86. The molecule has 2 aromatic heterocycles. The predicted octanol–water partition coefficient (Wildman–Crippen LogP) is 3.10. The fraction of sp³-hybridized carbons (Fsp3) is 0.333. The fourth-order valence-corrected chi connectivity index (χ4v) is 4.52. The van der Waals surface area contributed by atoms with Gasteiger partial charge in [-0.25, -0.2) is 4.98 Å². The van der Waals surface area contributed by atoms with E-state index in [9.17, 15) is 14.4 Å². The van der Waals surface area contributed by atoms with Crippen LogP contribution in [0, 0.1) is 0 Å². The number of aromatic nitrogens is 2. The summed E-state index contributed by atoms with van der Waals surface area (Å²) < 4.78 is 7.16. The van der Waals surface area contributed by atoms with E-state index >= 15 is 0 Å². The van der Waals surface area contributed by atoms with Gasteiger partial charge in [0, 0.05) is 13.2 Å². The molecule has 3 N–H and O–H groups in total. The van der Waals surface area contributed by atoms with E-state index in [1.807, 2.05) is 19.9 Å². The molecule has 3 rings (SSSR count). The number of hydrogen-bond donors (Lipinski definition) is 2. The SMILES string of the molecule is CC(C)OCCCn1c(SCC(=O)Nc2sccc2C(N)=O)nc2ccccc2c1=O. The Morgan fingerprint density at radius 2 is 2.06 bits per heavy atom. The summed E-state index contributed by atoms with van der Waals surface area (Å²) in [7, 11) is 0. The lowest BCUT2D eigenvalue weighted by atomic mass is 10.2. The molecule has 0 saturated heterocycles. The molecule has 0 aliphatic rings. The van der Waals surface area contributed by atoms with Crippen molar-refractivity contribution in [3.05, 3.63) is 51.6 Å². The Balaban J connectivity index is 1.76. The maximum Gasteiger partial charge on any atom is 0.262 e. The molecule has 0 fully saturated rings. The number of nitrogens with zero attached hydrogens (tertiary/aromatic N) is 2. The van der Waals surface area contributed by atoms with Crippen molar-refractivity contribution >= 4 is 50.8 Å². The summed E-state index contributed by atoms with van der Waals surface area (Å²) in [6, 6.07) is 8.71. The van der Waals surface area contributed by atoms with Crippen LogP contribution in [0.25, 0.3) is 10.9 Å². The third-order valence-electron chi connectivity index (χ3n) is 4.32. The molecule has 2 amide bonds. The van der Waals surface area contributed by atoms with E-state index in [-0.39, 0.29) is 28.9 Å². The van der Waals surface area contributed by atoms with E-state index in [1.54, 1.807) is 34.2 Å². The number of para-hydroxylation sites is 1. The highest BCUT2D eigenvalue weighted by molar-refractivity contribution is 7.99. The highest BCUT2D eigenvalue weighted by Gasteiger charge is 2.16. The van der Waals surface area contributed by atoms with Crippen LogP contribution in [-0.2, 0) is 16.1 Å². The first-order chi connectivity index (χ1) is 14.9. The maximum atomic E-state index is 13.0. The van der Waals surface area contributed by atoms with Crippen LogP contribution < -0.4 is 16.6 Å². The summed E-state index contributed by atoms with van der Waals surface area (Å²) >= 11 is 2.40. The van der Waals surface area contributed by atoms with Crippen LogP contribution in [0.3, 0.4) is 0 Å². The lowest BCUT2D eigenvalue weighted by Gasteiger charge is -2.14. The lowest BCUT2D eigenvalue weighted by Crippen LogP contribution is -2.25. The number of nitrogens with two attached hydrogens (primary N) is 1. The molecule has 2 heterocycles. The molecular formula is C21H24N4O4S2. The van der Waals surface area contributed by atoms with E-state index in [0.29, 0.717) is 40.6 Å². The van der Waals surface area contributed by atoms with Crippen LogP contribution in [0.5, 0.6) is 0 Å². The van der Waals surface area contributed by atoms with Crippen molar-refractivity contribution in [3.63, 3.8) is 0 Å². The monoisotopic (exact) mass is 460 g/mol. The number of ether oxygens (including phenoxy) is 1. The molecule has 0 aliphatic heterocycles. The van der Waals surface area contributed by atoms with Crippen LogP contribution in [0.1, 0.15) is 30.6 Å². The van der Waals surface area contributed by atoms with Crippen molar-refractivity contribution in [2.24, 2.45) is 5.73 Å². The summed E-state index contributed by atoms with van der Waals surface area (Å²) in [4.78, 5) is 41.5. The molecule has 1 aromatic carbocycles. The van der Waals surface area contributed by atoms with E-state index in [1.165, 1.54) is 23.1 Å². The maximum absolute atomic E-state index is 13.0. The van der Waals surface area contributed by atoms with E-state index in [4.69, 9.17) is 10.5 Å². The zero-order valence-corrected chi connectivity index (χ0v) is 18.9. The number of carbonyl (C=O) groups excluding carboxylic acids is 2. The number of thioether (sulfide) groups is 1. The number of primary amides is 1. The molecule has 3 aromatic rings. The number of carbonyl (C=O) groups is 2. The van der Waals surface area contributed by atoms with Crippen molar-refractivity contribution in [2.45, 2.75) is 38.1 Å². The largest absolute Gasteiger partial charge is 0.379 e. The smallest absolute Gasteiger partial charge is 0.262 e. The molecular weight excluding hydrogens is 436 g/mol. The highest BCUT2D eigenvalue weighted by Crippen LogP contribution is 2.24. The van der Waals surface area contributed by atoms with Gasteiger partial charge in [0.1, 0.15) is 5.00 Å². The second kappa shape index (κ2) is 10.6. The van der Waals surface area contributed by atoms with Crippen LogP contribution in [0.2, 0.25) is 0 Å². The third-order valence-corrected chi connectivity index (χ3v) is 6.13. The molecule has 0 unspecified atom stereocenters. The number of amides is 2. The Morgan fingerprint density at radius 1 is 1.29 bits per heavy atom. The van der Waals surface area contributed by atoms with Gasteiger partial charge in [0.05, 0.1) is 28.3 Å². The Bertz CT molecular complexity index is 1140. The average molecular weight is 461 g/mol. The van der Waals surface area contributed by atoms with Gasteiger partial charge in [-0.15, -0.1) is 11.3 Å². The first-order valence-electron chi connectivity index (χ1n) is 9.78. The summed E-state index contributed by atoms with van der Waals surface area (Å²) in [6.07, 6.45) is 0.765. The Kier molecular flexibility index (Phi) is 7.83. The fourth-order valence-electron chi connectivity index (χ4n) is 2.89. The number of anilines is 1. The number of rotatable bonds is 10. The first-order valence-corrected chi connectivity index (χ1v) is 11.6. The number of fused-ring (bicyclic) bond motifs is 1. The van der Waals surface area contributed by atoms with Gasteiger partial charge in [0.25, 0.3) is 11.5 Å². The first kappa shape index (κ1) is 23.0. The van der Waals surface area contributed by atoms with Crippen molar-refractivity contribution < 1.29 is 14.3 Å². The van der Waals surface area contributed by atoms with Gasteiger partial charge in [0.15, 0.2) is 5.16 Å². The van der Waals surface area contributed by atoms with Gasteiger partial charge in [-0.2, -0.15) is 0 Å². The quantitative estimate of drug-likeness (QED) is 0.273. The van der Waals surface area contributed by atoms with Crippen molar-refractivity contribution in [1.29, 1.82) is 0 Å². The minimum absolute atomic E-state index is 0.0311. The molecule has 0 bridgehead atoms. The number of benzene rings is 1. The van der Waals surface area contributed by atoms with Crippen LogP contribution in [0.4, 0.5) is 5.00 Å². The number of thiophene rings is 1. The van der Waals surface area contributed by atoms with Crippen molar-refractivity contribution in [2.75, 3.05) is 17.7 Å². The molecule has 0 aliphatic carbocycles. The van der Waals surface area contributed by atoms with Crippen LogP contribution in [-0.4, -0.2) is 39.8 Å². The molecule has 0 atom stereocenters. The summed E-state index contributed by atoms with van der Waals surface area (Å²) in [6.45, 7) is 4.88. The molecule has 164 valence electrons. The van der Waals surface area contributed by atoms with Crippen LogP contribution >= 0.6 is 23.1 Å². The molecule has 0 saturated carbocycles. The second-order valence-electron chi connectivity index (χ2n) is 7.01. The van der Waals surface area contributed by atoms with Gasteiger partial charge in [-0.3, -0.25) is 19.0 Å². The summed E-state index contributed by atoms with van der Waals surface area (Å²) in [5, 5.41) is 5.79. The van der Waals surface area contributed by atoms with Crippen LogP contribution in [0.15, 0.2) is 45.7 Å². The van der Waals surface area contributed by atoms with E-state index < -0.39 is 5.91 Å². The van der Waals surface area contributed by atoms with Gasteiger partial charge in [-0.05, 0) is 43.8 Å². The molecule has 8 nitrogen and oxygen atoms in total. The highest BCUT2D eigenvalue weighted by atomic mass is 32.2. The normalized spacial score (nSPS) is 11.2. The van der Waals surface area contributed by atoms with E-state index in [2.05, 4.69) is 10.3 Å². The van der Waals surface area contributed by atoms with Gasteiger partial charge in [-0.1, -0.05) is 23.9 Å². The van der Waals surface area contributed by atoms with Gasteiger partial charge >= 0.3 is 0 Å². The Hall–Kier alpha value is -2.69. The summed E-state index contributed by atoms with van der Waals surface area (Å²) in [5.74, 6) is -0.881. The standard InChI is InChI=1S/C21H24N4O4S2/c1-13(2)29-10-5-9-25-20(28)14-6-3-4-7-16(14)23-21(25)31-12-17(26)24-19-15(18(22)27)8-11-30-19/h3-4,6-8,11,13H,5,9-10,12H2,1-2H3,(H2,22,27)(H,24,26). The molecule has 0 spiro atoms. The lowest BCUT2D eigenvalue weighted by molar-refractivity contribution is -0.113. The predicted molar refractivity (Wildman–Crippen MR) is 124 cm³/mol. The van der Waals surface area contributed by atoms with Gasteiger partial charge < -0.3 is 15.8 Å². The minimum Gasteiger partial charge on any atom is -0.379 e. The third kappa shape index (κ3) is 5.93. The average Bonchev–Trinajstić information content (AvgIpc) is 3.19. The number of hydrogen-bond acceptors (Lipinski definition) is 7. The molecule has 31 heavy (non-hydrogen) atoms. The zero-order chi connectivity index (χ0) is 22.4.